The third kappa shape index (κ3) is 4.18. The van der Waals surface area contributed by atoms with E-state index in [0.717, 1.165) is 6.42 Å². The maximum Gasteiger partial charge on any atom is 0.265 e. The van der Waals surface area contributed by atoms with Gasteiger partial charge in [-0.15, -0.1) is 0 Å². The van der Waals surface area contributed by atoms with Crippen LogP contribution in [0.25, 0.3) is 0 Å². The number of carbonyl (C=O) groups excluding carboxylic acids is 1. The van der Waals surface area contributed by atoms with E-state index in [1.165, 1.54) is 11.1 Å². The van der Waals surface area contributed by atoms with Crippen LogP contribution < -0.4 is 10.9 Å². The Balaban J connectivity index is 2.04. The predicted molar refractivity (Wildman–Crippen MR) is 90.4 cm³/mol. The number of hydrogen-bond donors (Lipinski definition) is 2. The molecule has 2 rings (SSSR count). The topological polar surface area (TPSA) is 41.1 Å². The van der Waals surface area contributed by atoms with Gasteiger partial charge in [-0.3, -0.25) is 10.2 Å². The molecule has 22 heavy (non-hydrogen) atoms. The van der Waals surface area contributed by atoms with Gasteiger partial charge in [-0.2, -0.15) is 0 Å². The van der Waals surface area contributed by atoms with Crippen LogP contribution in [0, 0.1) is 5.92 Å². The van der Waals surface area contributed by atoms with E-state index in [9.17, 15) is 4.79 Å². The molecule has 3 heteroatoms. The zero-order valence-electron chi connectivity index (χ0n) is 13.5. The molecule has 0 saturated heterocycles. The molecule has 116 valence electrons. The summed E-state index contributed by atoms with van der Waals surface area (Å²) in [7, 11) is 0. The number of benzene rings is 2. The van der Waals surface area contributed by atoms with E-state index in [0.29, 0.717) is 11.5 Å². The van der Waals surface area contributed by atoms with Gasteiger partial charge in [-0.1, -0.05) is 63.2 Å². The number of aryl methyl sites for hydroxylation is 1. The fourth-order valence-corrected chi connectivity index (χ4v) is 2.40. The number of rotatable bonds is 6. The summed E-state index contributed by atoms with van der Waals surface area (Å²) in [5.74, 6) is 0.250. The minimum atomic E-state index is -0.114. The lowest BCUT2D eigenvalue weighted by molar-refractivity contribution is 0.0919. The molecular weight excluding hydrogens is 272 g/mol. The minimum absolute atomic E-state index is 0.0820. The second-order valence-corrected chi connectivity index (χ2v) is 5.78. The first-order chi connectivity index (χ1) is 10.6. The zero-order chi connectivity index (χ0) is 15.9. The van der Waals surface area contributed by atoms with Crippen LogP contribution in [0.4, 0.5) is 0 Å². The summed E-state index contributed by atoms with van der Waals surface area (Å²) < 4.78 is 0. The molecule has 2 N–H and O–H groups in total. The fourth-order valence-electron chi connectivity index (χ4n) is 2.40. The van der Waals surface area contributed by atoms with Crippen LogP contribution in [0.1, 0.15) is 48.3 Å². The summed E-state index contributed by atoms with van der Waals surface area (Å²) in [6, 6.07) is 17.9. The van der Waals surface area contributed by atoms with Crippen LogP contribution in [-0.4, -0.2) is 5.91 Å². The summed E-state index contributed by atoms with van der Waals surface area (Å²) in [6.07, 6.45) is 1.03. The molecule has 0 fully saturated rings. The van der Waals surface area contributed by atoms with Crippen molar-refractivity contribution in [1.29, 1.82) is 0 Å². The highest BCUT2D eigenvalue weighted by Gasteiger charge is 2.16. The van der Waals surface area contributed by atoms with Crippen molar-refractivity contribution in [3.05, 3.63) is 71.3 Å². The maximum atomic E-state index is 12.1. The monoisotopic (exact) mass is 296 g/mol. The smallest absolute Gasteiger partial charge is 0.265 e. The van der Waals surface area contributed by atoms with E-state index < -0.39 is 0 Å². The first-order valence-electron chi connectivity index (χ1n) is 7.81. The van der Waals surface area contributed by atoms with Gasteiger partial charge in [0, 0.05) is 5.56 Å². The third-order valence-electron chi connectivity index (χ3n) is 3.79. The molecule has 0 saturated carbocycles. The zero-order valence-corrected chi connectivity index (χ0v) is 13.5. The normalized spacial score (nSPS) is 12.2. The lowest BCUT2D eigenvalue weighted by Crippen LogP contribution is -2.41. The molecule has 2 aromatic carbocycles. The SMILES string of the molecule is CCc1ccc(C(NNC(=O)c2ccccc2)C(C)C)cc1. The molecule has 1 amide bonds. The van der Waals surface area contributed by atoms with E-state index in [-0.39, 0.29) is 11.9 Å². The Labute approximate surface area is 132 Å². The van der Waals surface area contributed by atoms with Crippen molar-refractivity contribution in [2.75, 3.05) is 0 Å². The molecular formula is C19H24N2O. The van der Waals surface area contributed by atoms with Crippen molar-refractivity contribution in [1.82, 2.24) is 10.9 Å². The molecule has 1 atom stereocenters. The first-order valence-corrected chi connectivity index (χ1v) is 7.81. The van der Waals surface area contributed by atoms with Crippen molar-refractivity contribution in [2.24, 2.45) is 5.92 Å². The summed E-state index contributed by atoms with van der Waals surface area (Å²) in [4.78, 5) is 12.1. The molecule has 0 spiro atoms. The Bertz CT molecular complexity index is 591. The molecule has 2 aromatic rings. The Kier molecular flexibility index (Phi) is 5.73. The Morgan fingerprint density at radius 2 is 1.64 bits per heavy atom. The predicted octanol–water partition coefficient (Wildman–Crippen LogP) is 3.88. The van der Waals surface area contributed by atoms with E-state index >= 15 is 0 Å². The second kappa shape index (κ2) is 7.76. The van der Waals surface area contributed by atoms with Crippen molar-refractivity contribution in [2.45, 2.75) is 33.2 Å². The number of carbonyl (C=O) groups is 1. The van der Waals surface area contributed by atoms with Gasteiger partial charge in [0.1, 0.15) is 0 Å². The van der Waals surface area contributed by atoms with E-state index in [1.807, 2.05) is 18.2 Å². The lowest BCUT2D eigenvalue weighted by atomic mass is 9.95. The van der Waals surface area contributed by atoms with Crippen LogP contribution in [0.2, 0.25) is 0 Å². The summed E-state index contributed by atoms with van der Waals surface area (Å²) in [6.45, 7) is 6.42. The summed E-state index contributed by atoms with van der Waals surface area (Å²) >= 11 is 0. The molecule has 0 aromatic heterocycles. The molecule has 0 aliphatic carbocycles. The largest absolute Gasteiger partial charge is 0.287 e. The van der Waals surface area contributed by atoms with Gasteiger partial charge in [0.15, 0.2) is 0 Å². The van der Waals surface area contributed by atoms with E-state index in [2.05, 4.69) is 55.9 Å². The van der Waals surface area contributed by atoms with Crippen LogP contribution >= 0.6 is 0 Å². The average Bonchev–Trinajstić information content (AvgIpc) is 2.56. The molecule has 0 heterocycles. The highest BCUT2D eigenvalue weighted by atomic mass is 16.2. The third-order valence-corrected chi connectivity index (χ3v) is 3.79. The molecule has 0 aliphatic heterocycles. The molecule has 0 radical (unpaired) electrons. The quantitative estimate of drug-likeness (QED) is 0.794. The van der Waals surface area contributed by atoms with Crippen LogP contribution in [0.5, 0.6) is 0 Å². The van der Waals surface area contributed by atoms with Crippen molar-refractivity contribution in [3.8, 4) is 0 Å². The van der Waals surface area contributed by atoms with E-state index in [4.69, 9.17) is 0 Å². The molecule has 1 unspecified atom stereocenters. The summed E-state index contributed by atoms with van der Waals surface area (Å²) in [5, 5.41) is 0. The minimum Gasteiger partial charge on any atom is -0.287 e. The standard InChI is InChI=1S/C19H24N2O/c1-4-15-10-12-16(13-11-15)18(14(2)3)20-21-19(22)17-8-6-5-7-9-17/h5-14,18,20H,4H2,1-3H3,(H,21,22). The van der Waals surface area contributed by atoms with Crippen LogP contribution in [-0.2, 0) is 6.42 Å². The van der Waals surface area contributed by atoms with Gasteiger partial charge in [0.2, 0.25) is 0 Å². The van der Waals surface area contributed by atoms with Gasteiger partial charge in [0.25, 0.3) is 5.91 Å². The average molecular weight is 296 g/mol. The van der Waals surface area contributed by atoms with Gasteiger partial charge >= 0.3 is 0 Å². The van der Waals surface area contributed by atoms with Gasteiger partial charge < -0.3 is 0 Å². The molecule has 3 nitrogen and oxygen atoms in total. The lowest BCUT2D eigenvalue weighted by Gasteiger charge is -2.23. The van der Waals surface area contributed by atoms with Crippen LogP contribution in [0.3, 0.4) is 0 Å². The second-order valence-electron chi connectivity index (χ2n) is 5.78. The van der Waals surface area contributed by atoms with Crippen LogP contribution in [0.15, 0.2) is 54.6 Å². The molecule has 0 bridgehead atoms. The van der Waals surface area contributed by atoms with Crippen molar-refractivity contribution in [3.63, 3.8) is 0 Å². The Morgan fingerprint density at radius 1 is 1.00 bits per heavy atom. The van der Waals surface area contributed by atoms with Gasteiger partial charge in [0.05, 0.1) is 6.04 Å². The summed E-state index contributed by atoms with van der Waals surface area (Å²) in [5.41, 5.74) is 9.14. The highest BCUT2D eigenvalue weighted by molar-refractivity contribution is 5.93. The van der Waals surface area contributed by atoms with Crippen molar-refractivity contribution >= 4 is 5.91 Å². The Morgan fingerprint density at radius 3 is 2.18 bits per heavy atom. The van der Waals surface area contributed by atoms with Crippen molar-refractivity contribution < 1.29 is 4.79 Å². The van der Waals surface area contributed by atoms with E-state index in [1.54, 1.807) is 12.1 Å². The highest BCUT2D eigenvalue weighted by Crippen LogP contribution is 2.21. The fraction of sp³-hybridized carbons (Fsp3) is 0.316. The van der Waals surface area contributed by atoms with Gasteiger partial charge in [-0.25, -0.2) is 5.43 Å². The molecule has 0 aliphatic rings. The number of hydrogen-bond acceptors (Lipinski definition) is 2. The number of amides is 1. The Hall–Kier alpha value is -2.13. The number of hydrazine groups is 1. The maximum absolute atomic E-state index is 12.1. The van der Waals surface area contributed by atoms with Gasteiger partial charge in [-0.05, 0) is 35.6 Å². The first kappa shape index (κ1) is 16.2. The number of nitrogens with one attached hydrogen (secondary N) is 2.